The van der Waals surface area contributed by atoms with Crippen molar-refractivity contribution >= 4 is 5.91 Å². The Morgan fingerprint density at radius 3 is 2.43 bits per heavy atom. The number of rotatable bonds is 5. The molecule has 2 aromatic carbocycles. The zero-order valence-corrected chi connectivity index (χ0v) is 12.4. The van der Waals surface area contributed by atoms with Gasteiger partial charge in [0.05, 0.1) is 12.7 Å². The molecule has 1 atom stereocenters. The lowest BCUT2D eigenvalue weighted by Crippen LogP contribution is -2.30. The van der Waals surface area contributed by atoms with Crippen LogP contribution < -0.4 is 5.32 Å². The number of amides is 1. The Bertz CT molecular complexity index is 769. The largest absolute Gasteiger partial charge is 0.467 e. The molecule has 3 aromatic rings. The third-order valence-corrected chi connectivity index (χ3v) is 3.57. The van der Waals surface area contributed by atoms with Crippen molar-refractivity contribution in [2.24, 2.45) is 0 Å². The Morgan fingerprint density at radius 1 is 1.00 bits per heavy atom. The number of hydrogen-bond donors (Lipinski definition) is 1. The third-order valence-electron chi connectivity index (χ3n) is 3.57. The molecule has 116 valence electrons. The van der Waals surface area contributed by atoms with Gasteiger partial charge in [0.25, 0.3) is 0 Å². The summed E-state index contributed by atoms with van der Waals surface area (Å²) in [6, 6.07) is 19.0. The lowest BCUT2D eigenvalue weighted by molar-refractivity contribution is -0.121. The van der Waals surface area contributed by atoms with Crippen molar-refractivity contribution in [1.29, 1.82) is 0 Å². The number of carbonyl (C=O) groups excluding carboxylic acids is 1. The zero-order valence-electron chi connectivity index (χ0n) is 12.4. The fraction of sp³-hybridized carbons (Fsp3) is 0.105. The first kappa shape index (κ1) is 15.0. The van der Waals surface area contributed by atoms with E-state index in [0.29, 0.717) is 11.3 Å². The van der Waals surface area contributed by atoms with Gasteiger partial charge in [0.1, 0.15) is 17.6 Å². The van der Waals surface area contributed by atoms with E-state index in [1.54, 1.807) is 36.6 Å². The number of nitrogens with one attached hydrogen (secondary N) is 1. The lowest BCUT2D eigenvalue weighted by Gasteiger charge is -2.17. The van der Waals surface area contributed by atoms with Crippen LogP contribution in [-0.2, 0) is 11.2 Å². The molecular weight excluding hydrogens is 293 g/mol. The summed E-state index contributed by atoms with van der Waals surface area (Å²) in [5, 5.41) is 2.91. The van der Waals surface area contributed by atoms with Crippen LogP contribution in [0, 0.1) is 5.82 Å². The minimum absolute atomic E-state index is 0.0171. The average Bonchev–Trinajstić information content (AvgIpc) is 3.10. The van der Waals surface area contributed by atoms with Crippen LogP contribution in [-0.4, -0.2) is 5.91 Å². The maximum atomic E-state index is 13.7. The molecule has 1 aromatic heterocycles. The monoisotopic (exact) mass is 309 g/mol. The van der Waals surface area contributed by atoms with Crippen molar-refractivity contribution < 1.29 is 13.6 Å². The van der Waals surface area contributed by atoms with Crippen molar-refractivity contribution in [1.82, 2.24) is 5.32 Å². The maximum Gasteiger partial charge on any atom is 0.225 e. The van der Waals surface area contributed by atoms with E-state index in [9.17, 15) is 9.18 Å². The first-order valence-electron chi connectivity index (χ1n) is 7.35. The van der Waals surface area contributed by atoms with Gasteiger partial charge in [-0.15, -0.1) is 0 Å². The molecule has 23 heavy (non-hydrogen) atoms. The molecule has 0 aliphatic carbocycles. The second-order valence-corrected chi connectivity index (χ2v) is 5.19. The van der Waals surface area contributed by atoms with Crippen LogP contribution in [0.25, 0.3) is 0 Å². The van der Waals surface area contributed by atoms with Gasteiger partial charge in [-0.25, -0.2) is 4.39 Å². The van der Waals surface area contributed by atoms with E-state index < -0.39 is 6.04 Å². The molecule has 0 bridgehead atoms. The normalized spacial score (nSPS) is 11.9. The van der Waals surface area contributed by atoms with E-state index in [4.69, 9.17) is 4.42 Å². The van der Waals surface area contributed by atoms with E-state index in [-0.39, 0.29) is 18.1 Å². The van der Waals surface area contributed by atoms with E-state index >= 15 is 0 Å². The first-order chi connectivity index (χ1) is 11.2. The van der Waals surface area contributed by atoms with Crippen molar-refractivity contribution in [2.75, 3.05) is 0 Å². The van der Waals surface area contributed by atoms with Crippen molar-refractivity contribution in [2.45, 2.75) is 12.5 Å². The SMILES string of the molecule is O=C(Cc1ccccc1F)N[C@@H](c1ccccc1)c1ccco1. The van der Waals surface area contributed by atoms with Crippen LogP contribution in [0.1, 0.15) is 22.9 Å². The standard InChI is InChI=1S/C19H16FNO2/c20-16-10-5-4-9-15(16)13-18(22)21-19(17-11-6-12-23-17)14-7-2-1-3-8-14/h1-12,19H,13H2,(H,21,22)/t19-/m0/s1. The molecule has 1 amide bonds. The predicted octanol–water partition coefficient (Wildman–Crippen LogP) is 3.87. The Balaban J connectivity index is 1.79. The van der Waals surface area contributed by atoms with Gasteiger partial charge in [-0.05, 0) is 29.3 Å². The molecule has 4 heteroatoms. The number of carbonyl (C=O) groups is 1. The van der Waals surface area contributed by atoms with Crippen LogP contribution in [0.3, 0.4) is 0 Å². The predicted molar refractivity (Wildman–Crippen MR) is 85.2 cm³/mol. The molecule has 0 spiro atoms. The number of hydrogen-bond acceptors (Lipinski definition) is 2. The second kappa shape index (κ2) is 6.92. The number of halogens is 1. The molecule has 0 unspecified atom stereocenters. The fourth-order valence-corrected chi connectivity index (χ4v) is 2.45. The van der Waals surface area contributed by atoms with Gasteiger partial charge in [0.2, 0.25) is 5.91 Å². The number of benzene rings is 2. The first-order valence-corrected chi connectivity index (χ1v) is 7.35. The Kier molecular flexibility index (Phi) is 4.52. The molecule has 3 rings (SSSR count). The molecule has 0 aliphatic heterocycles. The van der Waals surface area contributed by atoms with Crippen LogP contribution in [0.5, 0.6) is 0 Å². The minimum atomic E-state index is -0.398. The van der Waals surface area contributed by atoms with Gasteiger partial charge in [-0.2, -0.15) is 0 Å². The van der Waals surface area contributed by atoms with Crippen LogP contribution >= 0.6 is 0 Å². The van der Waals surface area contributed by atoms with Crippen molar-refractivity contribution in [3.05, 3.63) is 95.7 Å². The molecule has 0 radical (unpaired) electrons. The fourth-order valence-electron chi connectivity index (χ4n) is 2.45. The van der Waals surface area contributed by atoms with Crippen molar-refractivity contribution in [3.63, 3.8) is 0 Å². The third kappa shape index (κ3) is 3.66. The Hall–Kier alpha value is -2.88. The summed E-state index contributed by atoms with van der Waals surface area (Å²) >= 11 is 0. The van der Waals surface area contributed by atoms with Crippen LogP contribution in [0.4, 0.5) is 4.39 Å². The van der Waals surface area contributed by atoms with E-state index in [0.717, 1.165) is 5.56 Å². The van der Waals surface area contributed by atoms with Gasteiger partial charge in [-0.3, -0.25) is 4.79 Å². The summed E-state index contributed by atoms with van der Waals surface area (Å²) in [6.07, 6.45) is 1.55. The van der Waals surface area contributed by atoms with Gasteiger partial charge < -0.3 is 9.73 Å². The highest BCUT2D eigenvalue weighted by Crippen LogP contribution is 2.22. The van der Waals surface area contributed by atoms with Crippen LogP contribution in [0.2, 0.25) is 0 Å². The Labute approximate surface area is 133 Å². The summed E-state index contributed by atoms with van der Waals surface area (Å²) in [5.74, 6) is -0.00431. The second-order valence-electron chi connectivity index (χ2n) is 5.19. The summed E-state index contributed by atoms with van der Waals surface area (Å²) < 4.78 is 19.1. The topological polar surface area (TPSA) is 42.2 Å². The summed E-state index contributed by atoms with van der Waals surface area (Å²) in [4.78, 5) is 12.3. The summed E-state index contributed by atoms with van der Waals surface area (Å²) in [7, 11) is 0. The maximum absolute atomic E-state index is 13.7. The summed E-state index contributed by atoms with van der Waals surface area (Å²) in [5.41, 5.74) is 1.28. The zero-order chi connectivity index (χ0) is 16.1. The molecule has 0 fully saturated rings. The van der Waals surface area contributed by atoms with Gasteiger partial charge in [-0.1, -0.05) is 48.5 Å². The van der Waals surface area contributed by atoms with Gasteiger partial charge in [0, 0.05) is 0 Å². The molecule has 3 nitrogen and oxygen atoms in total. The quantitative estimate of drug-likeness (QED) is 0.777. The minimum Gasteiger partial charge on any atom is -0.467 e. The number of furan rings is 1. The molecule has 1 heterocycles. The van der Waals surface area contributed by atoms with Crippen molar-refractivity contribution in [3.8, 4) is 0 Å². The smallest absolute Gasteiger partial charge is 0.225 e. The molecular formula is C19H16FNO2. The van der Waals surface area contributed by atoms with Gasteiger partial charge >= 0.3 is 0 Å². The highest BCUT2D eigenvalue weighted by molar-refractivity contribution is 5.79. The van der Waals surface area contributed by atoms with Gasteiger partial charge in [0.15, 0.2) is 0 Å². The molecule has 1 N–H and O–H groups in total. The molecule has 0 aliphatic rings. The van der Waals surface area contributed by atoms with E-state index in [1.165, 1.54) is 6.07 Å². The van der Waals surface area contributed by atoms with E-state index in [1.807, 2.05) is 30.3 Å². The highest BCUT2D eigenvalue weighted by Gasteiger charge is 2.19. The summed E-state index contributed by atoms with van der Waals surface area (Å²) in [6.45, 7) is 0. The average molecular weight is 309 g/mol. The highest BCUT2D eigenvalue weighted by atomic mass is 19.1. The van der Waals surface area contributed by atoms with Crippen LogP contribution in [0.15, 0.2) is 77.4 Å². The lowest BCUT2D eigenvalue weighted by atomic mass is 10.0. The molecule has 0 saturated carbocycles. The Morgan fingerprint density at radius 2 is 1.74 bits per heavy atom. The molecule has 0 saturated heterocycles. The van der Waals surface area contributed by atoms with E-state index in [2.05, 4.69) is 5.32 Å².